The molecule has 0 fully saturated rings. The highest BCUT2D eigenvalue weighted by atomic mass is 16.1. The highest BCUT2D eigenvalue weighted by Crippen LogP contribution is 2.13. The van der Waals surface area contributed by atoms with Crippen molar-refractivity contribution in [1.82, 2.24) is 4.98 Å². The first-order valence-electron chi connectivity index (χ1n) is 6.63. The first-order valence-corrected chi connectivity index (χ1v) is 6.63. The van der Waals surface area contributed by atoms with Gasteiger partial charge < -0.3 is 11.1 Å². The molecule has 2 aromatic rings. The second-order valence-electron chi connectivity index (χ2n) is 4.74. The molecule has 1 aromatic heterocycles. The molecule has 0 radical (unpaired) electrons. The summed E-state index contributed by atoms with van der Waals surface area (Å²) in [6, 6.07) is 7.28. The lowest BCUT2D eigenvalue weighted by molar-refractivity contribution is 0.102. The van der Waals surface area contributed by atoms with Crippen LogP contribution in [0, 0.1) is 25.7 Å². The Kier molecular flexibility index (Phi) is 4.70. The van der Waals surface area contributed by atoms with E-state index in [0.29, 0.717) is 17.8 Å². The highest BCUT2D eigenvalue weighted by Gasteiger charge is 2.08. The molecule has 0 spiro atoms. The van der Waals surface area contributed by atoms with Crippen LogP contribution >= 0.6 is 0 Å². The van der Waals surface area contributed by atoms with E-state index in [1.807, 2.05) is 32.0 Å². The summed E-state index contributed by atoms with van der Waals surface area (Å²) in [5, 5.41) is 2.83. The number of amides is 1. The molecule has 0 aliphatic rings. The van der Waals surface area contributed by atoms with Crippen molar-refractivity contribution in [1.29, 1.82) is 0 Å². The van der Waals surface area contributed by atoms with Gasteiger partial charge >= 0.3 is 0 Å². The van der Waals surface area contributed by atoms with E-state index in [2.05, 4.69) is 22.1 Å². The molecule has 3 N–H and O–H groups in total. The average Bonchev–Trinajstić information content (AvgIpc) is 2.46. The maximum Gasteiger partial charge on any atom is 0.255 e. The fourth-order valence-corrected chi connectivity index (χ4v) is 1.92. The number of carbonyl (C=O) groups excluding carboxylic acids is 1. The Labute approximate surface area is 124 Å². The Hall–Kier alpha value is -2.64. The number of nitrogens with one attached hydrogen (secondary N) is 1. The van der Waals surface area contributed by atoms with Gasteiger partial charge in [-0.15, -0.1) is 0 Å². The Bertz CT molecular complexity index is 726. The number of benzene rings is 1. The zero-order valence-corrected chi connectivity index (χ0v) is 12.1. The lowest BCUT2D eigenvalue weighted by Crippen LogP contribution is -2.12. The number of nitrogens with zero attached hydrogens (tertiary/aromatic N) is 1. The molecular weight excluding hydrogens is 262 g/mol. The number of anilines is 1. The van der Waals surface area contributed by atoms with Crippen molar-refractivity contribution < 1.29 is 4.79 Å². The van der Waals surface area contributed by atoms with Crippen LogP contribution < -0.4 is 11.1 Å². The Morgan fingerprint density at radius 2 is 2.10 bits per heavy atom. The number of carbonyl (C=O) groups is 1. The highest BCUT2D eigenvalue weighted by molar-refractivity contribution is 6.04. The molecule has 2 rings (SSSR count). The van der Waals surface area contributed by atoms with Crippen molar-refractivity contribution >= 4 is 11.6 Å². The molecule has 106 valence electrons. The molecule has 0 saturated heterocycles. The van der Waals surface area contributed by atoms with Crippen molar-refractivity contribution in [2.45, 2.75) is 13.8 Å². The number of hydrogen-bond donors (Lipinski definition) is 2. The van der Waals surface area contributed by atoms with Gasteiger partial charge in [-0.25, -0.2) is 0 Å². The fourth-order valence-electron chi connectivity index (χ4n) is 1.92. The number of pyridine rings is 1. The SMILES string of the molecule is Cc1cncc(NC(=O)c2ccc(C#CCN)c(C)c2)c1. The third-order valence-electron chi connectivity index (χ3n) is 2.95. The predicted octanol–water partition coefficient (Wildman–Crippen LogP) is 2.26. The lowest BCUT2D eigenvalue weighted by Gasteiger charge is -2.07. The van der Waals surface area contributed by atoms with Gasteiger partial charge in [0, 0.05) is 17.3 Å². The predicted molar refractivity (Wildman–Crippen MR) is 84.0 cm³/mol. The Morgan fingerprint density at radius 1 is 1.29 bits per heavy atom. The van der Waals surface area contributed by atoms with Gasteiger partial charge in [-0.05, 0) is 49.2 Å². The molecule has 1 amide bonds. The monoisotopic (exact) mass is 279 g/mol. The van der Waals surface area contributed by atoms with Gasteiger partial charge in [0.25, 0.3) is 5.91 Å². The maximum absolute atomic E-state index is 12.2. The van der Waals surface area contributed by atoms with E-state index in [-0.39, 0.29) is 5.91 Å². The largest absolute Gasteiger partial charge is 0.321 e. The van der Waals surface area contributed by atoms with Gasteiger partial charge in [0.15, 0.2) is 0 Å². The van der Waals surface area contributed by atoms with Crippen molar-refractivity contribution in [3.63, 3.8) is 0 Å². The van der Waals surface area contributed by atoms with Gasteiger partial charge in [-0.1, -0.05) is 11.8 Å². The summed E-state index contributed by atoms with van der Waals surface area (Å²) in [5.41, 5.74) is 9.46. The van der Waals surface area contributed by atoms with Crippen molar-refractivity contribution in [2.75, 3.05) is 11.9 Å². The molecule has 0 aliphatic carbocycles. The third kappa shape index (κ3) is 3.91. The van der Waals surface area contributed by atoms with Gasteiger partial charge in [-0.3, -0.25) is 9.78 Å². The van der Waals surface area contributed by atoms with Crippen LogP contribution in [-0.4, -0.2) is 17.4 Å². The summed E-state index contributed by atoms with van der Waals surface area (Å²) in [6.45, 7) is 4.17. The Balaban J connectivity index is 2.18. The van der Waals surface area contributed by atoms with Gasteiger partial charge in [0.1, 0.15) is 0 Å². The van der Waals surface area contributed by atoms with E-state index in [1.54, 1.807) is 18.5 Å². The smallest absolute Gasteiger partial charge is 0.255 e. The topological polar surface area (TPSA) is 68.0 Å². The van der Waals surface area contributed by atoms with Crippen LogP contribution in [0.25, 0.3) is 0 Å². The van der Waals surface area contributed by atoms with Crippen LogP contribution in [0.15, 0.2) is 36.7 Å². The molecule has 21 heavy (non-hydrogen) atoms. The number of aryl methyl sites for hydroxylation is 2. The number of aromatic nitrogens is 1. The van der Waals surface area contributed by atoms with E-state index in [1.165, 1.54) is 0 Å². The van der Waals surface area contributed by atoms with Crippen LogP contribution in [0.4, 0.5) is 5.69 Å². The van der Waals surface area contributed by atoms with Crippen molar-refractivity contribution in [2.24, 2.45) is 5.73 Å². The van der Waals surface area contributed by atoms with Crippen LogP contribution in [-0.2, 0) is 0 Å². The first-order chi connectivity index (χ1) is 10.1. The molecule has 0 unspecified atom stereocenters. The standard InChI is InChI=1S/C17H17N3O/c1-12-8-16(11-19-10-12)20-17(21)15-6-5-14(4-3-7-18)13(2)9-15/h5-6,8-11H,7,18H2,1-2H3,(H,20,21). The average molecular weight is 279 g/mol. The summed E-state index contributed by atoms with van der Waals surface area (Å²) < 4.78 is 0. The molecule has 4 nitrogen and oxygen atoms in total. The second-order valence-corrected chi connectivity index (χ2v) is 4.74. The molecule has 0 bridgehead atoms. The molecule has 0 aliphatic heterocycles. The molecular formula is C17H17N3O. The first kappa shape index (κ1) is 14.8. The summed E-state index contributed by atoms with van der Waals surface area (Å²) >= 11 is 0. The van der Waals surface area contributed by atoms with E-state index < -0.39 is 0 Å². The minimum atomic E-state index is -0.163. The summed E-state index contributed by atoms with van der Waals surface area (Å²) in [4.78, 5) is 16.3. The molecule has 4 heteroatoms. The van der Waals surface area contributed by atoms with Crippen LogP contribution in [0.5, 0.6) is 0 Å². The van der Waals surface area contributed by atoms with E-state index in [4.69, 9.17) is 5.73 Å². The fraction of sp³-hybridized carbons (Fsp3) is 0.176. The number of rotatable bonds is 2. The minimum absolute atomic E-state index is 0.163. The quantitative estimate of drug-likeness (QED) is 0.829. The number of nitrogens with two attached hydrogens (primary N) is 1. The van der Waals surface area contributed by atoms with Gasteiger partial charge in [0.2, 0.25) is 0 Å². The van der Waals surface area contributed by atoms with Crippen LogP contribution in [0.2, 0.25) is 0 Å². The summed E-state index contributed by atoms with van der Waals surface area (Å²) in [6.07, 6.45) is 3.36. The molecule has 0 saturated carbocycles. The molecule has 0 atom stereocenters. The molecule has 1 aromatic carbocycles. The van der Waals surface area contributed by atoms with Crippen molar-refractivity contribution in [3.8, 4) is 11.8 Å². The van der Waals surface area contributed by atoms with Crippen molar-refractivity contribution in [3.05, 3.63) is 58.9 Å². The summed E-state index contributed by atoms with van der Waals surface area (Å²) in [5.74, 6) is 5.63. The number of hydrogen-bond acceptors (Lipinski definition) is 3. The maximum atomic E-state index is 12.2. The second kappa shape index (κ2) is 6.69. The van der Waals surface area contributed by atoms with Crippen LogP contribution in [0.3, 0.4) is 0 Å². The molecule has 1 heterocycles. The van der Waals surface area contributed by atoms with Gasteiger partial charge in [-0.2, -0.15) is 0 Å². The van der Waals surface area contributed by atoms with Gasteiger partial charge in [0.05, 0.1) is 18.4 Å². The lowest BCUT2D eigenvalue weighted by atomic mass is 10.0. The zero-order valence-electron chi connectivity index (χ0n) is 12.1. The minimum Gasteiger partial charge on any atom is -0.321 e. The normalized spacial score (nSPS) is 9.67. The zero-order chi connectivity index (χ0) is 15.2. The van der Waals surface area contributed by atoms with E-state index >= 15 is 0 Å². The Morgan fingerprint density at radius 3 is 2.76 bits per heavy atom. The van der Waals surface area contributed by atoms with E-state index in [9.17, 15) is 4.79 Å². The third-order valence-corrected chi connectivity index (χ3v) is 2.95. The van der Waals surface area contributed by atoms with Crippen LogP contribution in [0.1, 0.15) is 27.0 Å². The summed E-state index contributed by atoms with van der Waals surface area (Å²) in [7, 11) is 0. The van der Waals surface area contributed by atoms with E-state index in [0.717, 1.165) is 16.7 Å².